The van der Waals surface area contributed by atoms with Gasteiger partial charge in [-0.05, 0) is 37.0 Å². The van der Waals surface area contributed by atoms with Crippen LogP contribution in [0.4, 0.5) is 4.79 Å². The third-order valence-corrected chi connectivity index (χ3v) is 3.58. The molecular formula is C10H17N3O. The zero-order chi connectivity index (χ0) is 9.97. The van der Waals surface area contributed by atoms with Crippen molar-refractivity contribution in [1.82, 2.24) is 5.43 Å². The van der Waals surface area contributed by atoms with E-state index < -0.39 is 6.03 Å². The molecule has 0 aromatic carbocycles. The third-order valence-electron chi connectivity index (χ3n) is 3.58. The highest BCUT2D eigenvalue weighted by atomic mass is 16.2. The van der Waals surface area contributed by atoms with Crippen LogP contribution in [0.1, 0.15) is 32.1 Å². The van der Waals surface area contributed by atoms with Crippen molar-refractivity contribution < 1.29 is 4.79 Å². The first-order valence-electron chi connectivity index (χ1n) is 5.36. The number of nitrogens with one attached hydrogen (secondary N) is 1. The minimum Gasteiger partial charge on any atom is -0.350 e. The summed E-state index contributed by atoms with van der Waals surface area (Å²) in [5.74, 6) is 2.29. The molecule has 0 heterocycles. The molecule has 2 amide bonds. The Morgan fingerprint density at radius 2 is 2.21 bits per heavy atom. The fourth-order valence-corrected chi connectivity index (χ4v) is 2.99. The molecule has 3 N–H and O–H groups in total. The number of hydrazone groups is 1. The fourth-order valence-electron chi connectivity index (χ4n) is 2.99. The van der Waals surface area contributed by atoms with Gasteiger partial charge in [-0.15, -0.1) is 0 Å². The van der Waals surface area contributed by atoms with Crippen molar-refractivity contribution in [3.63, 3.8) is 0 Å². The fraction of sp³-hybridized carbons (Fsp3) is 0.800. The summed E-state index contributed by atoms with van der Waals surface area (Å²) < 4.78 is 0. The van der Waals surface area contributed by atoms with Crippen molar-refractivity contribution in [2.24, 2.45) is 28.6 Å². The first-order chi connectivity index (χ1) is 6.77. The standard InChI is InChI=1S/C10H17N3O/c11-10(14)13-12-6-8-5-4-7-2-1-3-9(7)8/h6-9H,1-5H2,(H3,11,13,14)/b12-6+. The number of carbonyl (C=O) groups excluding carboxylic acids is 1. The Hall–Kier alpha value is -1.06. The number of nitrogens with two attached hydrogens (primary N) is 1. The molecule has 2 rings (SSSR count). The van der Waals surface area contributed by atoms with Crippen LogP contribution in [0.5, 0.6) is 0 Å². The van der Waals surface area contributed by atoms with Crippen molar-refractivity contribution >= 4 is 12.2 Å². The van der Waals surface area contributed by atoms with Crippen molar-refractivity contribution in [2.45, 2.75) is 32.1 Å². The number of carbonyl (C=O) groups is 1. The average molecular weight is 195 g/mol. The number of primary amides is 1. The molecule has 4 nitrogen and oxygen atoms in total. The number of hydrogen-bond donors (Lipinski definition) is 2. The minimum atomic E-state index is -0.581. The second-order valence-corrected chi connectivity index (χ2v) is 4.35. The highest BCUT2D eigenvalue weighted by Crippen LogP contribution is 2.46. The van der Waals surface area contributed by atoms with E-state index in [-0.39, 0.29) is 0 Å². The molecule has 2 aliphatic rings. The van der Waals surface area contributed by atoms with Gasteiger partial charge in [0, 0.05) is 6.21 Å². The zero-order valence-corrected chi connectivity index (χ0v) is 8.28. The lowest BCUT2D eigenvalue weighted by Crippen LogP contribution is -2.25. The Morgan fingerprint density at radius 1 is 1.36 bits per heavy atom. The molecule has 4 heteroatoms. The van der Waals surface area contributed by atoms with E-state index >= 15 is 0 Å². The van der Waals surface area contributed by atoms with Gasteiger partial charge in [-0.1, -0.05) is 12.8 Å². The highest BCUT2D eigenvalue weighted by Gasteiger charge is 2.37. The molecule has 3 unspecified atom stereocenters. The van der Waals surface area contributed by atoms with Crippen LogP contribution in [-0.4, -0.2) is 12.2 Å². The molecule has 78 valence electrons. The smallest absolute Gasteiger partial charge is 0.332 e. The van der Waals surface area contributed by atoms with E-state index in [1.54, 1.807) is 0 Å². The summed E-state index contributed by atoms with van der Waals surface area (Å²) in [7, 11) is 0. The van der Waals surface area contributed by atoms with Crippen molar-refractivity contribution in [3.05, 3.63) is 0 Å². The van der Waals surface area contributed by atoms with E-state index in [1.807, 2.05) is 6.21 Å². The predicted octanol–water partition coefficient (Wildman–Crippen LogP) is 1.47. The first-order valence-corrected chi connectivity index (χ1v) is 5.36. The van der Waals surface area contributed by atoms with Gasteiger partial charge in [-0.25, -0.2) is 10.2 Å². The molecule has 3 atom stereocenters. The molecule has 2 fully saturated rings. The zero-order valence-electron chi connectivity index (χ0n) is 8.28. The molecule has 0 radical (unpaired) electrons. The lowest BCUT2D eigenvalue weighted by atomic mass is 9.93. The number of amides is 2. The van der Waals surface area contributed by atoms with Gasteiger partial charge in [-0.2, -0.15) is 5.10 Å². The number of urea groups is 1. The van der Waals surface area contributed by atoms with E-state index in [4.69, 9.17) is 5.73 Å². The van der Waals surface area contributed by atoms with Crippen molar-refractivity contribution in [1.29, 1.82) is 0 Å². The summed E-state index contributed by atoms with van der Waals surface area (Å²) in [6.45, 7) is 0. The molecule has 2 aliphatic carbocycles. The molecular weight excluding hydrogens is 178 g/mol. The number of rotatable bonds is 2. The molecule has 0 saturated heterocycles. The summed E-state index contributed by atoms with van der Waals surface area (Å²) in [6.07, 6.45) is 8.51. The Bertz CT molecular complexity index is 252. The van der Waals surface area contributed by atoms with Crippen LogP contribution < -0.4 is 11.2 Å². The topological polar surface area (TPSA) is 67.5 Å². The van der Waals surface area contributed by atoms with Gasteiger partial charge >= 0.3 is 6.03 Å². The monoisotopic (exact) mass is 195 g/mol. The van der Waals surface area contributed by atoms with E-state index in [2.05, 4.69) is 10.5 Å². The number of hydrogen-bond acceptors (Lipinski definition) is 2. The summed E-state index contributed by atoms with van der Waals surface area (Å²) in [4.78, 5) is 10.4. The molecule has 0 aliphatic heterocycles. The molecule has 0 bridgehead atoms. The van der Waals surface area contributed by atoms with Gasteiger partial charge in [0.15, 0.2) is 0 Å². The van der Waals surface area contributed by atoms with Crippen LogP contribution in [0.2, 0.25) is 0 Å². The van der Waals surface area contributed by atoms with Crippen LogP contribution >= 0.6 is 0 Å². The van der Waals surface area contributed by atoms with E-state index in [1.165, 1.54) is 32.1 Å². The van der Waals surface area contributed by atoms with Crippen LogP contribution in [0.25, 0.3) is 0 Å². The summed E-state index contributed by atoms with van der Waals surface area (Å²) in [6, 6.07) is -0.581. The van der Waals surface area contributed by atoms with E-state index in [0.29, 0.717) is 5.92 Å². The van der Waals surface area contributed by atoms with Crippen LogP contribution in [0.15, 0.2) is 5.10 Å². The van der Waals surface area contributed by atoms with Gasteiger partial charge < -0.3 is 5.73 Å². The predicted molar refractivity (Wildman–Crippen MR) is 54.8 cm³/mol. The Labute approximate surface area is 83.9 Å². The molecule has 2 saturated carbocycles. The van der Waals surface area contributed by atoms with Gasteiger partial charge in [0.2, 0.25) is 0 Å². The van der Waals surface area contributed by atoms with Gasteiger partial charge in [0.1, 0.15) is 0 Å². The number of fused-ring (bicyclic) bond motifs is 1. The lowest BCUT2D eigenvalue weighted by Gasteiger charge is -2.13. The lowest BCUT2D eigenvalue weighted by molar-refractivity contribution is 0.249. The molecule has 0 aromatic rings. The Kier molecular flexibility index (Phi) is 2.70. The van der Waals surface area contributed by atoms with Crippen molar-refractivity contribution in [3.8, 4) is 0 Å². The van der Waals surface area contributed by atoms with Gasteiger partial charge in [-0.3, -0.25) is 0 Å². The van der Waals surface area contributed by atoms with Crippen LogP contribution in [-0.2, 0) is 0 Å². The quantitative estimate of drug-likeness (QED) is 0.508. The Morgan fingerprint density at radius 3 is 3.00 bits per heavy atom. The molecule has 0 spiro atoms. The van der Waals surface area contributed by atoms with Crippen molar-refractivity contribution in [2.75, 3.05) is 0 Å². The first kappa shape index (κ1) is 9.49. The normalized spacial score (nSPS) is 36.1. The van der Waals surface area contributed by atoms with Crippen LogP contribution in [0.3, 0.4) is 0 Å². The SMILES string of the molecule is NC(=O)N/N=C/C1CCC2CCCC12. The second kappa shape index (κ2) is 3.98. The maximum Gasteiger partial charge on any atom is 0.332 e. The van der Waals surface area contributed by atoms with E-state index in [0.717, 1.165) is 11.8 Å². The third kappa shape index (κ3) is 1.89. The minimum absolute atomic E-state index is 0.564. The second-order valence-electron chi connectivity index (χ2n) is 4.35. The molecule has 0 aromatic heterocycles. The summed E-state index contributed by atoms with van der Waals surface area (Å²) >= 11 is 0. The maximum absolute atomic E-state index is 10.4. The largest absolute Gasteiger partial charge is 0.350 e. The summed E-state index contributed by atoms with van der Waals surface area (Å²) in [5, 5.41) is 3.86. The van der Waals surface area contributed by atoms with Gasteiger partial charge in [0.05, 0.1) is 0 Å². The Balaban J connectivity index is 1.86. The van der Waals surface area contributed by atoms with Crippen LogP contribution in [0, 0.1) is 17.8 Å². The molecule has 14 heavy (non-hydrogen) atoms. The number of nitrogens with zero attached hydrogens (tertiary/aromatic N) is 1. The summed E-state index contributed by atoms with van der Waals surface area (Å²) in [5.41, 5.74) is 7.18. The van der Waals surface area contributed by atoms with Gasteiger partial charge in [0.25, 0.3) is 0 Å². The maximum atomic E-state index is 10.4. The average Bonchev–Trinajstić information content (AvgIpc) is 2.67. The highest BCUT2D eigenvalue weighted by molar-refractivity contribution is 5.73. The van der Waals surface area contributed by atoms with E-state index in [9.17, 15) is 4.79 Å².